The van der Waals surface area contributed by atoms with Crippen molar-refractivity contribution in [3.05, 3.63) is 65.2 Å². The zero-order valence-electron chi connectivity index (χ0n) is 19.0. The molecule has 1 aliphatic carbocycles. The van der Waals surface area contributed by atoms with Crippen LogP contribution in [0.25, 0.3) is 0 Å². The van der Waals surface area contributed by atoms with Crippen LogP contribution in [-0.4, -0.2) is 48.6 Å². The van der Waals surface area contributed by atoms with Crippen LogP contribution < -0.4 is 10.1 Å². The Bertz CT molecular complexity index is 1050. The smallest absolute Gasteiger partial charge is 0.416 e. The van der Waals surface area contributed by atoms with Gasteiger partial charge in [-0.1, -0.05) is 18.2 Å². The number of amides is 1. The number of carbonyl (C=O) groups is 2. The molecular weight excluding hydrogens is 449 g/mol. The Hall–Kier alpha value is -3.07. The molecule has 1 saturated heterocycles. The van der Waals surface area contributed by atoms with E-state index < -0.39 is 23.2 Å². The lowest BCUT2D eigenvalue weighted by atomic mass is 10.1. The number of carbonyl (C=O) groups excluding carboxylic acids is 2. The zero-order valence-corrected chi connectivity index (χ0v) is 19.0. The Morgan fingerprint density at radius 1 is 1.15 bits per heavy atom. The van der Waals surface area contributed by atoms with E-state index in [0.29, 0.717) is 25.1 Å². The molecule has 0 bridgehead atoms. The molecule has 1 unspecified atom stereocenters. The van der Waals surface area contributed by atoms with Crippen molar-refractivity contribution < 1.29 is 32.2 Å². The summed E-state index contributed by atoms with van der Waals surface area (Å²) in [6.07, 6.45) is -2.62. The van der Waals surface area contributed by atoms with E-state index in [0.717, 1.165) is 30.5 Å². The molecule has 1 N–H and O–H groups in total. The predicted octanol–water partition coefficient (Wildman–Crippen LogP) is 4.36. The largest absolute Gasteiger partial charge is 0.489 e. The Labute approximate surface area is 196 Å². The van der Waals surface area contributed by atoms with Gasteiger partial charge >= 0.3 is 12.1 Å². The fourth-order valence-electron chi connectivity index (χ4n) is 4.40. The first kappa shape index (κ1) is 24.1. The van der Waals surface area contributed by atoms with Gasteiger partial charge in [0, 0.05) is 13.1 Å². The first-order valence-electron chi connectivity index (χ1n) is 11.2. The van der Waals surface area contributed by atoms with Crippen molar-refractivity contribution in [3.63, 3.8) is 0 Å². The second kappa shape index (κ2) is 9.29. The van der Waals surface area contributed by atoms with Crippen LogP contribution in [0, 0.1) is 0 Å². The lowest BCUT2D eigenvalue weighted by Gasteiger charge is -2.28. The molecule has 1 heterocycles. The molecule has 2 fully saturated rings. The molecule has 0 spiro atoms. The van der Waals surface area contributed by atoms with Crippen LogP contribution in [0.2, 0.25) is 0 Å². The van der Waals surface area contributed by atoms with Crippen molar-refractivity contribution in [1.29, 1.82) is 0 Å². The minimum Gasteiger partial charge on any atom is -0.489 e. The Kier molecular flexibility index (Phi) is 6.58. The summed E-state index contributed by atoms with van der Waals surface area (Å²) in [6.45, 7) is 3.00. The molecule has 34 heavy (non-hydrogen) atoms. The summed E-state index contributed by atoms with van der Waals surface area (Å²) < 4.78 is 49.4. The number of esters is 1. The zero-order chi connectivity index (χ0) is 24.5. The number of rotatable bonds is 7. The summed E-state index contributed by atoms with van der Waals surface area (Å²) >= 11 is 0. The lowest BCUT2D eigenvalue weighted by molar-refractivity contribution is -0.137. The minimum atomic E-state index is -4.42. The highest BCUT2D eigenvalue weighted by Crippen LogP contribution is 2.44. The third-order valence-corrected chi connectivity index (χ3v) is 6.54. The van der Waals surface area contributed by atoms with Gasteiger partial charge in [-0.3, -0.25) is 9.69 Å². The highest BCUT2D eigenvalue weighted by Gasteiger charge is 2.56. The fourth-order valence-corrected chi connectivity index (χ4v) is 4.40. The maximum atomic E-state index is 13.1. The van der Waals surface area contributed by atoms with Crippen LogP contribution in [0.4, 0.5) is 13.2 Å². The summed E-state index contributed by atoms with van der Waals surface area (Å²) in [5, 5.41) is 3.06. The number of hydrogen-bond donors (Lipinski definition) is 1. The van der Waals surface area contributed by atoms with Gasteiger partial charge in [-0.05, 0) is 62.1 Å². The van der Waals surface area contributed by atoms with E-state index >= 15 is 0 Å². The number of nitrogens with zero attached hydrogens (tertiary/aromatic N) is 1. The topological polar surface area (TPSA) is 67.9 Å². The third-order valence-electron chi connectivity index (χ3n) is 6.54. The number of alkyl halides is 3. The first-order chi connectivity index (χ1) is 16.1. The number of halogens is 3. The molecule has 1 amide bonds. The molecule has 6 nitrogen and oxygen atoms in total. The van der Waals surface area contributed by atoms with Crippen molar-refractivity contribution in [2.45, 2.75) is 50.0 Å². The van der Waals surface area contributed by atoms with Gasteiger partial charge in [-0.15, -0.1) is 0 Å². The van der Waals surface area contributed by atoms with E-state index in [9.17, 15) is 22.8 Å². The molecule has 1 saturated carbocycles. The number of methoxy groups -OCH3 is 1. The number of hydrogen-bond acceptors (Lipinski definition) is 5. The van der Waals surface area contributed by atoms with Crippen molar-refractivity contribution in [2.75, 3.05) is 20.2 Å². The van der Waals surface area contributed by atoms with Gasteiger partial charge in [0.15, 0.2) is 0 Å². The number of likely N-dealkylation sites (tertiary alicyclic amines) is 1. The maximum absolute atomic E-state index is 13.1. The predicted molar refractivity (Wildman–Crippen MR) is 118 cm³/mol. The molecule has 2 aromatic rings. The molecule has 182 valence electrons. The molecule has 4 rings (SSSR count). The molecule has 2 aliphatic rings. The van der Waals surface area contributed by atoms with Gasteiger partial charge in [0.1, 0.15) is 17.4 Å². The van der Waals surface area contributed by atoms with Crippen molar-refractivity contribution in [3.8, 4) is 5.75 Å². The van der Waals surface area contributed by atoms with Crippen LogP contribution in [0.1, 0.15) is 53.7 Å². The Balaban J connectivity index is 1.35. The second-order valence-corrected chi connectivity index (χ2v) is 8.84. The van der Waals surface area contributed by atoms with Gasteiger partial charge in [-0.2, -0.15) is 13.2 Å². The van der Waals surface area contributed by atoms with E-state index in [2.05, 4.69) is 10.2 Å². The summed E-state index contributed by atoms with van der Waals surface area (Å²) in [4.78, 5) is 26.8. The number of benzene rings is 2. The van der Waals surface area contributed by atoms with Crippen molar-refractivity contribution in [2.24, 2.45) is 0 Å². The highest BCUT2D eigenvalue weighted by atomic mass is 19.4. The average molecular weight is 476 g/mol. The Morgan fingerprint density at radius 3 is 2.47 bits per heavy atom. The molecule has 0 aromatic heterocycles. The molecular formula is C25H27F3N2O4. The summed E-state index contributed by atoms with van der Waals surface area (Å²) in [5.74, 6) is -0.312. The van der Waals surface area contributed by atoms with Crippen LogP contribution in [0.5, 0.6) is 5.75 Å². The SMILES string of the molecule is COC(=O)c1ccc(C(C)NC(=O)C2(N3CC[C@@H](Oc4cccc(C(F)(F)F)c4)C3)CC2)cc1. The van der Waals surface area contributed by atoms with E-state index in [-0.39, 0.29) is 23.8 Å². The van der Waals surface area contributed by atoms with Crippen LogP contribution in [0.3, 0.4) is 0 Å². The second-order valence-electron chi connectivity index (χ2n) is 8.84. The van der Waals surface area contributed by atoms with Gasteiger partial charge in [0.05, 0.1) is 24.3 Å². The van der Waals surface area contributed by atoms with Crippen LogP contribution in [-0.2, 0) is 15.7 Å². The first-order valence-corrected chi connectivity index (χ1v) is 11.2. The van der Waals surface area contributed by atoms with E-state index in [1.165, 1.54) is 19.2 Å². The fraction of sp³-hybridized carbons (Fsp3) is 0.440. The molecule has 2 atom stereocenters. The van der Waals surface area contributed by atoms with Crippen molar-refractivity contribution >= 4 is 11.9 Å². The van der Waals surface area contributed by atoms with Gasteiger partial charge in [0.2, 0.25) is 5.91 Å². The average Bonchev–Trinajstić information content (AvgIpc) is 3.51. The van der Waals surface area contributed by atoms with E-state index in [1.54, 1.807) is 24.3 Å². The highest BCUT2D eigenvalue weighted by molar-refractivity contribution is 5.90. The molecule has 1 aliphatic heterocycles. The molecule has 9 heteroatoms. The van der Waals surface area contributed by atoms with Crippen molar-refractivity contribution in [1.82, 2.24) is 10.2 Å². The normalized spacial score (nSPS) is 20.4. The summed E-state index contributed by atoms with van der Waals surface area (Å²) in [7, 11) is 1.32. The van der Waals surface area contributed by atoms with Gasteiger partial charge in [-0.25, -0.2) is 4.79 Å². The van der Waals surface area contributed by atoms with Crippen LogP contribution >= 0.6 is 0 Å². The Morgan fingerprint density at radius 2 is 1.85 bits per heavy atom. The minimum absolute atomic E-state index is 0.0724. The molecule has 2 aromatic carbocycles. The van der Waals surface area contributed by atoms with Crippen LogP contribution in [0.15, 0.2) is 48.5 Å². The maximum Gasteiger partial charge on any atom is 0.416 e. The van der Waals surface area contributed by atoms with Gasteiger partial charge in [0.25, 0.3) is 0 Å². The number of ether oxygens (including phenoxy) is 2. The standard InChI is InChI=1S/C25H27F3N2O4/c1-16(17-6-8-18(9-7-17)22(31)33-2)29-23(32)24(11-12-24)30-13-10-21(15-30)34-20-5-3-4-19(14-20)25(26,27)28/h3-9,14,16,21H,10-13,15H2,1-2H3,(H,29,32)/t16?,21-/m1/s1. The lowest BCUT2D eigenvalue weighted by Crippen LogP contribution is -2.49. The monoisotopic (exact) mass is 476 g/mol. The summed E-state index contributed by atoms with van der Waals surface area (Å²) in [6, 6.07) is 11.5. The summed E-state index contributed by atoms with van der Waals surface area (Å²) in [5.41, 5.74) is -0.0469. The molecule has 0 radical (unpaired) electrons. The third kappa shape index (κ3) is 5.04. The number of nitrogens with one attached hydrogen (secondary N) is 1. The van der Waals surface area contributed by atoms with E-state index in [4.69, 9.17) is 9.47 Å². The van der Waals surface area contributed by atoms with E-state index in [1.807, 2.05) is 6.92 Å². The van der Waals surface area contributed by atoms with Gasteiger partial charge < -0.3 is 14.8 Å². The quantitative estimate of drug-likeness (QED) is 0.602.